The Morgan fingerprint density at radius 1 is 1.33 bits per heavy atom. The van der Waals surface area contributed by atoms with Crippen molar-refractivity contribution in [2.45, 2.75) is 37.0 Å². The SMILES string of the molecule is Cc1cccc(OCC(O)CNC(=O)C2CCCN(S(=O)(=O)c3ccc(C)s3)C2)c1. The first kappa shape index (κ1) is 22.7. The van der Waals surface area contributed by atoms with Crippen molar-refractivity contribution in [2.75, 3.05) is 26.2 Å². The third kappa shape index (κ3) is 5.81. The predicted molar refractivity (Wildman–Crippen MR) is 116 cm³/mol. The molecule has 0 aliphatic carbocycles. The molecule has 0 bridgehead atoms. The monoisotopic (exact) mass is 452 g/mol. The van der Waals surface area contributed by atoms with Crippen LogP contribution in [0.1, 0.15) is 23.3 Å². The number of amides is 1. The minimum Gasteiger partial charge on any atom is -0.491 e. The molecule has 0 radical (unpaired) electrons. The van der Waals surface area contributed by atoms with Crippen molar-refractivity contribution >= 4 is 27.3 Å². The van der Waals surface area contributed by atoms with Crippen molar-refractivity contribution in [3.63, 3.8) is 0 Å². The highest BCUT2D eigenvalue weighted by molar-refractivity contribution is 7.91. The fourth-order valence-corrected chi connectivity index (χ4v) is 6.33. The second-order valence-electron chi connectivity index (χ2n) is 7.59. The van der Waals surface area contributed by atoms with E-state index >= 15 is 0 Å². The van der Waals surface area contributed by atoms with Crippen molar-refractivity contribution < 1.29 is 23.1 Å². The van der Waals surface area contributed by atoms with Crippen LogP contribution in [0.5, 0.6) is 5.75 Å². The van der Waals surface area contributed by atoms with Gasteiger partial charge in [0.1, 0.15) is 22.7 Å². The number of piperidine rings is 1. The van der Waals surface area contributed by atoms with Crippen LogP contribution in [0.15, 0.2) is 40.6 Å². The summed E-state index contributed by atoms with van der Waals surface area (Å²) in [6.45, 7) is 4.50. The van der Waals surface area contributed by atoms with Crippen LogP contribution in [0.25, 0.3) is 0 Å². The van der Waals surface area contributed by atoms with E-state index in [1.807, 2.05) is 38.1 Å². The van der Waals surface area contributed by atoms with E-state index in [1.54, 1.807) is 12.1 Å². The summed E-state index contributed by atoms with van der Waals surface area (Å²) in [4.78, 5) is 13.5. The summed E-state index contributed by atoms with van der Waals surface area (Å²) in [6, 6.07) is 10.9. The molecule has 164 valence electrons. The zero-order valence-electron chi connectivity index (χ0n) is 17.2. The Morgan fingerprint density at radius 3 is 2.83 bits per heavy atom. The molecule has 2 atom stereocenters. The maximum absolute atomic E-state index is 12.8. The molecule has 7 nitrogen and oxygen atoms in total. The zero-order chi connectivity index (χ0) is 21.7. The van der Waals surface area contributed by atoms with Gasteiger partial charge < -0.3 is 15.2 Å². The molecule has 1 fully saturated rings. The fraction of sp³-hybridized carbons (Fsp3) is 0.476. The first-order valence-corrected chi connectivity index (χ1v) is 12.2. The normalized spacial score (nSPS) is 18.7. The summed E-state index contributed by atoms with van der Waals surface area (Å²) in [5.41, 5.74) is 1.06. The minimum atomic E-state index is -3.58. The lowest BCUT2D eigenvalue weighted by molar-refractivity contribution is -0.126. The topological polar surface area (TPSA) is 95.9 Å². The van der Waals surface area contributed by atoms with Gasteiger partial charge in [-0.1, -0.05) is 12.1 Å². The molecule has 2 heterocycles. The number of benzene rings is 1. The maximum Gasteiger partial charge on any atom is 0.252 e. The van der Waals surface area contributed by atoms with E-state index in [0.29, 0.717) is 29.3 Å². The van der Waals surface area contributed by atoms with E-state index in [4.69, 9.17) is 4.74 Å². The molecule has 2 unspecified atom stereocenters. The molecular weight excluding hydrogens is 424 g/mol. The number of nitrogens with one attached hydrogen (secondary N) is 1. The van der Waals surface area contributed by atoms with Crippen molar-refractivity contribution in [3.05, 3.63) is 46.8 Å². The molecule has 9 heteroatoms. The Balaban J connectivity index is 1.49. The van der Waals surface area contributed by atoms with Gasteiger partial charge in [-0.15, -0.1) is 11.3 Å². The van der Waals surface area contributed by atoms with Gasteiger partial charge in [0.25, 0.3) is 10.0 Å². The lowest BCUT2D eigenvalue weighted by Gasteiger charge is -2.31. The number of carbonyl (C=O) groups excluding carboxylic acids is 1. The molecule has 1 aliphatic rings. The molecule has 1 amide bonds. The van der Waals surface area contributed by atoms with E-state index in [-0.39, 0.29) is 25.6 Å². The lowest BCUT2D eigenvalue weighted by Crippen LogP contribution is -2.46. The number of aliphatic hydroxyl groups is 1. The summed E-state index contributed by atoms with van der Waals surface area (Å²) < 4.78 is 32.9. The van der Waals surface area contributed by atoms with Gasteiger partial charge >= 0.3 is 0 Å². The van der Waals surface area contributed by atoms with E-state index in [1.165, 1.54) is 15.6 Å². The summed E-state index contributed by atoms with van der Waals surface area (Å²) in [5.74, 6) is -0.0105. The highest BCUT2D eigenvalue weighted by Gasteiger charge is 2.34. The molecule has 1 saturated heterocycles. The second-order valence-corrected chi connectivity index (χ2v) is 11.0. The Labute approximate surface area is 181 Å². The van der Waals surface area contributed by atoms with Gasteiger partial charge in [-0.2, -0.15) is 4.31 Å². The quantitative estimate of drug-likeness (QED) is 0.641. The van der Waals surface area contributed by atoms with Crippen molar-refractivity contribution in [1.29, 1.82) is 0 Å². The van der Waals surface area contributed by atoms with Crippen LogP contribution < -0.4 is 10.1 Å². The predicted octanol–water partition coefficient (Wildman–Crippen LogP) is 2.32. The molecule has 30 heavy (non-hydrogen) atoms. The van der Waals surface area contributed by atoms with Crippen LogP contribution in [0.3, 0.4) is 0 Å². The Kier molecular flexibility index (Phi) is 7.51. The van der Waals surface area contributed by atoms with Gasteiger partial charge in [0, 0.05) is 24.5 Å². The fourth-order valence-electron chi connectivity index (χ4n) is 3.37. The third-order valence-corrected chi connectivity index (χ3v) is 8.34. The van der Waals surface area contributed by atoms with Gasteiger partial charge in [-0.25, -0.2) is 8.42 Å². The highest BCUT2D eigenvalue weighted by atomic mass is 32.2. The largest absolute Gasteiger partial charge is 0.491 e. The molecule has 0 spiro atoms. The van der Waals surface area contributed by atoms with E-state index in [0.717, 1.165) is 10.4 Å². The number of nitrogens with zero attached hydrogens (tertiary/aromatic N) is 1. The number of hydrogen-bond acceptors (Lipinski definition) is 6. The summed E-state index contributed by atoms with van der Waals surface area (Å²) in [7, 11) is -3.58. The van der Waals surface area contributed by atoms with Gasteiger partial charge in [-0.3, -0.25) is 4.79 Å². The van der Waals surface area contributed by atoms with Crippen LogP contribution in [-0.4, -0.2) is 56.1 Å². The van der Waals surface area contributed by atoms with E-state index in [9.17, 15) is 18.3 Å². The summed E-state index contributed by atoms with van der Waals surface area (Å²) in [6.07, 6.45) is 0.393. The zero-order valence-corrected chi connectivity index (χ0v) is 18.8. The van der Waals surface area contributed by atoms with Crippen LogP contribution in [0, 0.1) is 19.8 Å². The number of ether oxygens (including phenoxy) is 1. The first-order valence-electron chi connectivity index (χ1n) is 9.97. The Bertz CT molecular complexity index is 973. The lowest BCUT2D eigenvalue weighted by atomic mass is 9.99. The van der Waals surface area contributed by atoms with Crippen LogP contribution in [0.2, 0.25) is 0 Å². The molecule has 1 aromatic heterocycles. The molecule has 2 N–H and O–H groups in total. The van der Waals surface area contributed by atoms with Crippen LogP contribution >= 0.6 is 11.3 Å². The van der Waals surface area contributed by atoms with E-state index < -0.39 is 22.0 Å². The molecule has 3 rings (SSSR count). The number of hydrogen-bond donors (Lipinski definition) is 2. The number of carbonyl (C=O) groups is 1. The number of rotatable bonds is 8. The molecule has 1 aliphatic heterocycles. The average molecular weight is 453 g/mol. The van der Waals surface area contributed by atoms with Crippen molar-refractivity contribution in [2.24, 2.45) is 5.92 Å². The number of thiophene rings is 1. The van der Waals surface area contributed by atoms with Crippen LogP contribution in [-0.2, 0) is 14.8 Å². The Hall–Kier alpha value is -1.94. The van der Waals surface area contributed by atoms with Gasteiger partial charge in [-0.05, 0) is 56.5 Å². The Morgan fingerprint density at radius 2 is 2.13 bits per heavy atom. The van der Waals surface area contributed by atoms with Crippen molar-refractivity contribution in [1.82, 2.24) is 9.62 Å². The summed E-state index contributed by atoms with van der Waals surface area (Å²) in [5, 5.41) is 12.8. The number of aliphatic hydroxyl groups excluding tert-OH is 1. The average Bonchev–Trinajstić information content (AvgIpc) is 3.18. The van der Waals surface area contributed by atoms with Gasteiger partial charge in [0.2, 0.25) is 5.91 Å². The molecule has 0 saturated carbocycles. The third-order valence-electron chi connectivity index (χ3n) is 5.01. The second kappa shape index (κ2) is 9.91. The van der Waals surface area contributed by atoms with Gasteiger partial charge in [0.05, 0.1) is 5.92 Å². The van der Waals surface area contributed by atoms with Crippen LogP contribution in [0.4, 0.5) is 0 Å². The first-order chi connectivity index (χ1) is 14.3. The number of sulfonamides is 1. The highest BCUT2D eigenvalue weighted by Crippen LogP contribution is 2.28. The van der Waals surface area contributed by atoms with Gasteiger partial charge in [0.15, 0.2) is 0 Å². The van der Waals surface area contributed by atoms with E-state index in [2.05, 4.69) is 5.32 Å². The number of aryl methyl sites for hydroxylation is 2. The molecule has 2 aromatic rings. The molecular formula is C21H28N2O5S2. The smallest absolute Gasteiger partial charge is 0.252 e. The summed E-state index contributed by atoms with van der Waals surface area (Å²) >= 11 is 1.24. The van der Waals surface area contributed by atoms with Crippen molar-refractivity contribution in [3.8, 4) is 5.75 Å². The minimum absolute atomic E-state index is 0.0536. The maximum atomic E-state index is 12.8. The molecule has 1 aromatic carbocycles. The standard InChI is InChI=1S/C21H28N2O5S2/c1-15-5-3-7-19(11-15)28-14-18(24)12-22-21(25)17-6-4-10-23(13-17)30(26,27)20-9-8-16(2)29-20/h3,5,7-9,11,17-18,24H,4,6,10,12-14H2,1-2H3,(H,22,25).